The third-order valence-electron chi connectivity index (χ3n) is 6.68. The molecule has 0 nitrogen and oxygen atoms in total. The van der Waals surface area contributed by atoms with Crippen molar-refractivity contribution in [3.8, 4) is 0 Å². The summed E-state index contributed by atoms with van der Waals surface area (Å²) in [6.07, 6.45) is 28.7. The number of hydrogen-bond donors (Lipinski definition) is 0. The second-order valence-corrected chi connectivity index (χ2v) is 9.73. The highest BCUT2D eigenvalue weighted by atomic mass is 14.2. The molecule has 2 aliphatic rings. The van der Waals surface area contributed by atoms with E-state index in [0.29, 0.717) is 5.92 Å². The van der Waals surface area contributed by atoms with Crippen LogP contribution in [0.15, 0.2) is 167 Å². The molecule has 2 aromatic carbocycles. The Morgan fingerprint density at radius 2 is 1.08 bits per heavy atom. The Morgan fingerprint density at radius 1 is 0.568 bits per heavy atom. The molecule has 0 saturated carbocycles. The fourth-order valence-corrected chi connectivity index (χ4v) is 4.53. The maximum atomic E-state index is 2.38. The van der Waals surface area contributed by atoms with Crippen LogP contribution in [0.3, 0.4) is 0 Å². The van der Waals surface area contributed by atoms with Crippen LogP contribution in [0.2, 0.25) is 0 Å². The number of fused-ring (bicyclic) bond motifs is 1. The van der Waals surface area contributed by atoms with E-state index in [9.17, 15) is 0 Å². The molecular weight excluding hydrogens is 444 g/mol. The van der Waals surface area contributed by atoms with Crippen molar-refractivity contribution >= 4 is 12.2 Å². The summed E-state index contributed by atoms with van der Waals surface area (Å²) < 4.78 is 0. The van der Waals surface area contributed by atoms with Gasteiger partial charge in [-0.05, 0) is 69.9 Å². The Labute approximate surface area is 223 Å². The highest BCUT2D eigenvalue weighted by Crippen LogP contribution is 2.38. The number of allylic oxidation sites excluding steroid dienone is 18. The van der Waals surface area contributed by atoms with Crippen molar-refractivity contribution in [3.05, 3.63) is 178 Å². The fourth-order valence-electron chi connectivity index (χ4n) is 4.53. The van der Waals surface area contributed by atoms with Gasteiger partial charge in [-0.2, -0.15) is 0 Å². The van der Waals surface area contributed by atoms with E-state index in [2.05, 4.69) is 155 Å². The molecule has 0 heterocycles. The van der Waals surface area contributed by atoms with Gasteiger partial charge < -0.3 is 0 Å². The molecule has 0 N–H and O–H groups in total. The highest BCUT2D eigenvalue weighted by Gasteiger charge is 2.20. The van der Waals surface area contributed by atoms with Crippen molar-refractivity contribution in [3.63, 3.8) is 0 Å². The van der Waals surface area contributed by atoms with E-state index in [1.54, 1.807) is 0 Å². The maximum absolute atomic E-state index is 2.38. The van der Waals surface area contributed by atoms with E-state index in [1.165, 1.54) is 50.1 Å². The fraction of sp³-hybridized carbons (Fsp3) is 0.135. The van der Waals surface area contributed by atoms with Crippen LogP contribution < -0.4 is 0 Å². The van der Waals surface area contributed by atoms with E-state index < -0.39 is 0 Å². The second kappa shape index (κ2) is 12.7. The summed E-state index contributed by atoms with van der Waals surface area (Å²) in [7, 11) is 0. The van der Waals surface area contributed by atoms with Gasteiger partial charge in [-0.3, -0.25) is 0 Å². The van der Waals surface area contributed by atoms with Gasteiger partial charge in [0, 0.05) is 0 Å². The highest BCUT2D eigenvalue weighted by molar-refractivity contribution is 5.70. The zero-order valence-corrected chi connectivity index (χ0v) is 22.4. The molecule has 0 aliphatic heterocycles. The van der Waals surface area contributed by atoms with E-state index in [0.717, 1.165) is 0 Å². The molecule has 0 atom stereocenters. The molecular formula is C37H36. The van der Waals surface area contributed by atoms with Gasteiger partial charge in [0.2, 0.25) is 0 Å². The first-order valence-electron chi connectivity index (χ1n) is 13.1. The molecule has 37 heavy (non-hydrogen) atoms. The summed E-state index contributed by atoms with van der Waals surface area (Å²) in [5.41, 5.74) is 11.4. The molecule has 0 spiro atoms. The number of rotatable bonds is 7. The Morgan fingerprint density at radius 3 is 1.65 bits per heavy atom. The smallest absolute Gasteiger partial charge is 0.0103 e. The average molecular weight is 481 g/mol. The Kier molecular flexibility index (Phi) is 8.89. The second-order valence-electron chi connectivity index (χ2n) is 9.73. The molecule has 2 aliphatic carbocycles. The summed E-state index contributed by atoms with van der Waals surface area (Å²) >= 11 is 0. The topological polar surface area (TPSA) is 0 Å². The molecule has 0 saturated heterocycles. The van der Waals surface area contributed by atoms with E-state index in [4.69, 9.17) is 0 Å². The first kappa shape index (κ1) is 25.9. The van der Waals surface area contributed by atoms with E-state index in [1.807, 2.05) is 12.1 Å². The molecule has 0 bridgehead atoms. The van der Waals surface area contributed by atoms with Crippen LogP contribution in [-0.2, 0) is 0 Å². The first-order valence-corrected chi connectivity index (χ1v) is 13.1. The first-order chi connectivity index (χ1) is 18.0. The third-order valence-corrected chi connectivity index (χ3v) is 6.68. The van der Waals surface area contributed by atoms with Crippen molar-refractivity contribution in [2.75, 3.05) is 0 Å². The van der Waals surface area contributed by atoms with Gasteiger partial charge in [-0.15, -0.1) is 0 Å². The van der Waals surface area contributed by atoms with Crippen LogP contribution in [0.5, 0.6) is 0 Å². The minimum absolute atomic E-state index is 0.457. The van der Waals surface area contributed by atoms with E-state index in [-0.39, 0.29) is 0 Å². The lowest BCUT2D eigenvalue weighted by Gasteiger charge is -2.17. The predicted molar refractivity (Wildman–Crippen MR) is 163 cm³/mol. The van der Waals surface area contributed by atoms with Crippen molar-refractivity contribution < 1.29 is 0 Å². The molecule has 2 aromatic rings. The Bertz CT molecular complexity index is 1400. The van der Waals surface area contributed by atoms with Crippen LogP contribution in [-0.4, -0.2) is 0 Å². The maximum Gasteiger partial charge on any atom is -0.0103 e. The molecule has 184 valence electrons. The summed E-state index contributed by atoms with van der Waals surface area (Å²) in [5, 5.41) is 0. The van der Waals surface area contributed by atoms with Gasteiger partial charge in [0.25, 0.3) is 0 Å². The van der Waals surface area contributed by atoms with Crippen LogP contribution in [0.4, 0.5) is 0 Å². The zero-order chi connectivity index (χ0) is 26.0. The molecule has 0 fully saturated rings. The zero-order valence-electron chi connectivity index (χ0n) is 22.4. The Hall–Kier alpha value is -4.16. The van der Waals surface area contributed by atoms with Crippen molar-refractivity contribution in [1.82, 2.24) is 0 Å². The summed E-state index contributed by atoms with van der Waals surface area (Å²) in [4.78, 5) is 0. The lowest BCUT2D eigenvalue weighted by molar-refractivity contribution is 0.791. The monoisotopic (exact) mass is 480 g/mol. The quantitative estimate of drug-likeness (QED) is 0.346. The normalized spacial score (nSPS) is 16.6. The molecule has 0 unspecified atom stereocenters. The van der Waals surface area contributed by atoms with Gasteiger partial charge >= 0.3 is 0 Å². The van der Waals surface area contributed by atoms with Gasteiger partial charge in [0.05, 0.1) is 0 Å². The lowest BCUT2D eigenvalue weighted by atomic mass is 9.87. The number of benzene rings is 2. The lowest BCUT2D eigenvalue weighted by Crippen LogP contribution is -1.99. The molecule has 0 amide bonds. The summed E-state index contributed by atoms with van der Waals surface area (Å²) in [5.74, 6) is 0.457. The largest absolute Gasteiger partial charge is 0.0622 e. The SMILES string of the molecule is CC1=CC=C(C(C)C)C=C2C(/C=C/C=C/c3ccccc3)=CC=C(/C=C/C=Cc3ccccc3)C(C)=C12. The van der Waals surface area contributed by atoms with E-state index >= 15 is 0 Å². The summed E-state index contributed by atoms with van der Waals surface area (Å²) in [6, 6.07) is 20.8. The molecule has 0 radical (unpaired) electrons. The minimum Gasteiger partial charge on any atom is -0.0622 e. The van der Waals surface area contributed by atoms with Gasteiger partial charge in [-0.25, -0.2) is 0 Å². The third kappa shape index (κ3) is 6.96. The van der Waals surface area contributed by atoms with Crippen LogP contribution in [0, 0.1) is 5.92 Å². The van der Waals surface area contributed by atoms with Crippen LogP contribution in [0.1, 0.15) is 38.8 Å². The minimum atomic E-state index is 0.457. The van der Waals surface area contributed by atoms with Gasteiger partial charge in [0.1, 0.15) is 0 Å². The number of hydrogen-bond acceptors (Lipinski definition) is 0. The van der Waals surface area contributed by atoms with Crippen LogP contribution >= 0.6 is 0 Å². The average Bonchev–Trinajstić information content (AvgIpc) is 3.16. The standard InChI is InChI=1S/C37H36/c1-28(2)35-24-23-29(3)37-30(4)33(21-13-11-19-31-15-7-5-8-16-31)25-26-34(36(37)27-35)22-14-12-20-32-17-9-6-10-18-32/h5-28H,1-4H3/b19-11?,20-12+,21-13+,22-14+. The Balaban J connectivity index is 1.70. The van der Waals surface area contributed by atoms with Crippen molar-refractivity contribution in [1.29, 1.82) is 0 Å². The summed E-state index contributed by atoms with van der Waals surface area (Å²) in [6.45, 7) is 8.99. The molecule has 0 aromatic heterocycles. The predicted octanol–water partition coefficient (Wildman–Crippen LogP) is 10.2. The molecule has 0 heteroatoms. The van der Waals surface area contributed by atoms with Crippen molar-refractivity contribution in [2.24, 2.45) is 5.92 Å². The van der Waals surface area contributed by atoms with Crippen LogP contribution in [0.25, 0.3) is 12.2 Å². The molecule has 4 rings (SSSR count). The van der Waals surface area contributed by atoms with Gasteiger partial charge in [0.15, 0.2) is 0 Å². The van der Waals surface area contributed by atoms with Crippen molar-refractivity contribution in [2.45, 2.75) is 27.7 Å². The van der Waals surface area contributed by atoms with Gasteiger partial charge in [-0.1, -0.05) is 153 Å².